The Balaban J connectivity index is 2.14. The van der Waals surface area contributed by atoms with Gasteiger partial charge in [-0.2, -0.15) is 0 Å². The number of nitrogens with one attached hydrogen (secondary N) is 1. The van der Waals surface area contributed by atoms with Crippen LogP contribution in [0, 0.1) is 5.82 Å². The molecule has 1 unspecified atom stereocenters. The highest BCUT2D eigenvalue weighted by molar-refractivity contribution is 5.47. The Morgan fingerprint density at radius 1 is 1.41 bits per heavy atom. The average molecular weight is 238 g/mol. The minimum atomic E-state index is -0.230. The zero-order chi connectivity index (χ0) is 12.3. The van der Waals surface area contributed by atoms with E-state index in [1.165, 1.54) is 12.1 Å². The van der Waals surface area contributed by atoms with Crippen LogP contribution in [-0.4, -0.2) is 37.4 Å². The quantitative estimate of drug-likeness (QED) is 0.835. The molecule has 0 spiro atoms. The first-order valence-corrected chi connectivity index (χ1v) is 5.99. The zero-order valence-electron chi connectivity index (χ0n) is 10.1. The number of nitrogens with zero attached hydrogens (tertiary/aromatic N) is 1. The Morgan fingerprint density at radius 2 is 2.12 bits per heavy atom. The number of hydrogen-bond donors (Lipinski definition) is 2. The standard InChI is InChI=1S/C13H19FN2O/c1-15-13(10-17)7-2-8-16(9-13)12-5-3-11(14)4-6-12/h3-6,15,17H,2,7-10H2,1H3. The van der Waals surface area contributed by atoms with Crippen molar-refractivity contribution in [2.45, 2.75) is 18.4 Å². The number of anilines is 1. The van der Waals surface area contributed by atoms with Crippen LogP contribution in [0.4, 0.5) is 10.1 Å². The molecule has 0 aliphatic carbocycles. The van der Waals surface area contributed by atoms with Gasteiger partial charge in [0.15, 0.2) is 0 Å². The average Bonchev–Trinajstić information content (AvgIpc) is 2.39. The second-order valence-corrected chi connectivity index (χ2v) is 4.69. The van der Waals surface area contributed by atoms with Crippen LogP contribution in [0.25, 0.3) is 0 Å². The van der Waals surface area contributed by atoms with Gasteiger partial charge in [0.05, 0.1) is 12.1 Å². The molecule has 0 bridgehead atoms. The topological polar surface area (TPSA) is 35.5 Å². The predicted octanol–water partition coefficient (Wildman–Crippen LogP) is 1.38. The highest BCUT2D eigenvalue weighted by Gasteiger charge is 2.33. The fourth-order valence-electron chi connectivity index (χ4n) is 2.42. The smallest absolute Gasteiger partial charge is 0.123 e. The van der Waals surface area contributed by atoms with Crippen LogP contribution in [0.5, 0.6) is 0 Å². The molecule has 1 heterocycles. The minimum absolute atomic E-state index is 0.126. The fourth-order valence-corrected chi connectivity index (χ4v) is 2.42. The summed E-state index contributed by atoms with van der Waals surface area (Å²) < 4.78 is 12.9. The SMILES string of the molecule is CNC1(CO)CCCN(c2ccc(F)cc2)C1. The maximum absolute atomic E-state index is 12.9. The summed E-state index contributed by atoms with van der Waals surface area (Å²) in [7, 11) is 1.88. The summed E-state index contributed by atoms with van der Waals surface area (Å²) in [5.41, 5.74) is 0.784. The summed E-state index contributed by atoms with van der Waals surface area (Å²) in [5, 5.41) is 12.7. The predicted molar refractivity (Wildman–Crippen MR) is 66.7 cm³/mol. The van der Waals surface area contributed by atoms with Crippen molar-refractivity contribution in [2.75, 3.05) is 31.6 Å². The van der Waals surface area contributed by atoms with Crippen LogP contribution in [0.1, 0.15) is 12.8 Å². The summed E-state index contributed by atoms with van der Waals surface area (Å²) in [6, 6.07) is 6.53. The molecule has 1 saturated heterocycles. The number of benzene rings is 1. The molecule has 1 aromatic rings. The van der Waals surface area contributed by atoms with Gasteiger partial charge in [0, 0.05) is 18.8 Å². The van der Waals surface area contributed by atoms with Gasteiger partial charge in [0.25, 0.3) is 0 Å². The van der Waals surface area contributed by atoms with Gasteiger partial charge >= 0.3 is 0 Å². The lowest BCUT2D eigenvalue weighted by atomic mass is 9.89. The normalized spacial score (nSPS) is 25.0. The second kappa shape index (κ2) is 5.02. The molecule has 1 aliphatic rings. The van der Waals surface area contributed by atoms with E-state index in [9.17, 15) is 9.50 Å². The van der Waals surface area contributed by atoms with Crippen LogP contribution in [-0.2, 0) is 0 Å². The Labute approximate surface area is 101 Å². The summed E-state index contributed by atoms with van der Waals surface area (Å²) in [6.45, 7) is 1.84. The number of piperidine rings is 1. The molecular weight excluding hydrogens is 219 g/mol. The van der Waals surface area contributed by atoms with Crippen molar-refractivity contribution in [1.29, 1.82) is 0 Å². The molecule has 0 radical (unpaired) electrons. The van der Waals surface area contributed by atoms with E-state index in [1.54, 1.807) is 12.1 Å². The third-order valence-corrected chi connectivity index (χ3v) is 3.60. The summed E-state index contributed by atoms with van der Waals surface area (Å²) in [6.07, 6.45) is 2.00. The van der Waals surface area contributed by atoms with Crippen molar-refractivity contribution in [3.63, 3.8) is 0 Å². The first kappa shape index (κ1) is 12.3. The third kappa shape index (κ3) is 2.58. The fraction of sp³-hybridized carbons (Fsp3) is 0.538. The van der Waals surface area contributed by atoms with Gasteiger partial charge in [-0.3, -0.25) is 0 Å². The maximum Gasteiger partial charge on any atom is 0.123 e. The molecule has 17 heavy (non-hydrogen) atoms. The van der Waals surface area contributed by atoms with Crippen LogP contribution in [0.2, 0.25) is 0 Å². The highest BCUT2D eigenvalue weighted by Crippen LogP contribution is 2.25. The number of aliphatic hydroxyl groups excluding tert-OH is 1. The number of hydrogen-bond acceptors (Lipinski definition) is 3. The first-order valence-electron chi connectivity index (χ1n) is 5.99. The molecule has 1 aromatic carbocycles. The highest BCUT2D eigenvalue weighted by atomic mass is 19.1. The van der Waals surface area contributed by atoms with Crippen molar-refractivity contribution >= 4 is 5.69 Å². The lowest BCUT2D eigenvalue weighted by Gasteiger charge is -2.42. The van der Waals surface area contributed by atoms with E-state index in [0.29, 0.717) is 0 Å². The van der Waals surface area contributed by atoms with Gasteiger partial charge in [0.1, 0.15) is 5.82 Å². The van der Waals surface area contributed by atoms with E-state index in [0.717, 1.165) is 31.6 Å². The van der Waals surface area contributed by atoms with Crippen molar-refractivity contribution in [3.05, 3.63) is 30.1 Å². The van der Waals surface area contributed by atoms with Gasteiger partial charge in [-0.15, -0.1) is 0 Å². The molecule has 3 nitrogen and oxygen atoms in total. The van der Waals surface area contributed by atoms with Crippen LogP contribution in [0.15, 0.2) is 24.3 Å². The van der Waals surface area contributed by atoms with Crippen molar-refractivity contribution in [3.8, 4) is 0 Å². The van der Waals surface area contributed by atoms with E-state index in [4.69, 9.17) is 0 Å². The van der Waals surface area contributed by atoms with Gasteiger partial charge in [-0.1, -0.05) is 0 Å². The molecule has 0 aromatic heterocycles. The monoisotopic (exact) mass is 238 g/mol. The van der Waals surface area contributed by atoms with E-state index in [2.05, 4.69) is 10.2 Å². The second-order valence-electron chi connectivity index (χ2n) is 4.69. The Hall–Kier alpha value is -1.13. The number of aliphatic hydroxyl groups is 1. The summed E-state index contributed by atoms with van der Waals surface area (Å²) >= 11 is 0. The Morgan fingerprint density at radius 3 is 2.71 bits per heavy atom. The molecule has 0 saturated carbocycles. The summed E-state index contributed by atoms with van der Waals surface area (Å²) in [4.78, 5) is 2.19. The van der Waals surface area contributed by atoms with Crippen molar-refractivity contribution < 1.29 is 9.50 Å². The van der Waals surface area contributed by atoms with Crippen molar-refractivity contribution in [2.24, 2.45) is 0 Å². The first-order chi connectivity index (χ1) is 8.19. The van der Waals surface area contributed by atoms with Gasteiger partial charge in [-0.05, 0) is 44.2 Å². The van der Waals surface area contributed by atoms with Gasteiger partial charge < -0.3 is 15.3 Å². The number of halogens is 1. The molecule has 2 rings (SSSR count). The molecular formula is C13H19FN2O. The zero-order valence-corrected chi connectivity index (χ0v) is 10.1. The third-order valence-electron chi connectivity index (χ3n) is 3.60. The lowest BCUT2D eigenvalue weighted by Crippen LogP contribution is -2.58. The van der Waals surface area contributed by atoms with Crippen LogP contribution < -0.4 is 10.2 Å². The van der Waals surface area contributed by atoms with E-state index in [-0.39, 0.29) is 18.0 Å². The molecule has 0 amide bonds. The van der Waals surface area contributed by atoms with Gasteiger partial charge in [0.2, 0.25) is 0 Å². The Bertz CT molecular complexity index is 362. The van der Waals surface area contributed by atoms with E-state index >= 15 is 0 Å². The molecule has 4 heteroatoms. The van der Waals surface area contributed by atoms with Gasteiger partial charge in [-0.25, -0.2) is 4.39 Å². The number of rotatable bonds is 3. The van der Waals surface area contributed by atoms with E-state index in [1.807, 2.05) is 7.05 Å². The van der Waals surface area contributed by atoms with E-state index < -0.39 is 0 Å². The molecule has 1 fully saturated rings. The molecule has 1 atom stereocenters. The van der Waals surface area contributed by atoms with Crippen LogP contribution >= 0.6 is 0 Å². The molecule has 94 valence electrons. The minimum Gasteiger partial charge on any atom is -0.394 e. The molecule has 2 N–H and O–H groups in total. The summed E-state index contributed by atoms with van der Waals surface area (Å²) in [5.74, 6) is -0.215. The lowest BCUT2D eigenvalue weighted by molar-refractivity contribution is 0.149. The van der Waals surface area contributed by atoms with Crippen molar-refractivity contribution in [1.82, 2.24) is 5.32 Å². The molecule has 1 aliphatic heterocycles. The largest absolute Gasteiger partial charge is 0.394 e. The Kier molecular flexibility index (Phi) is 3.64. The maximum atomic E-state index is 12.9. The number of likely N-dealkylation sites (N-methyl/N-ethyl adjacent to an activating group) is 1. The van der Waals surface area contributed by atoms with Crippen LogP contribution in [0.3, 0.4) is 0 Å².